The lowest BCUT2D eigenvalue weighted by Gasteiger charge is -2.29. The second-order valence-corrected chi connectivity index (χ2v) is 19.2. The third kappa shape index (κ3) is 6.86. The standard InChI is InChI=1S/C56H62N4/c1-29-21-33(5)49(34(6)22-29)53-41-13-15-43(57-41)54(50-35(7)23-30(2)24-36(50)8)45-17-19-47(59-45)56(52-39(11)27-32(4)28-40(52)12)48-20-18-46(60-48)55(44-16-14-42(53)58-44)51-37(9)25-31(3)26-38(51)10/h13-28,33,35,37,39,49-52,57,60H,1-12H3. The van der Waals surface area contributed by atoms with Gasteiger partial charge in [-0.1, -0.05) is 121 Å². The second-order valence-electron chi connectivity index (χ2n) is 19.2. The maximum Gasteiger partial charge on any atom is 0.0696 e. The van der Waals surface area contributed by atoms with Crippen molar-refractivity contribution >= 4 is 46.4 Å². The summed E-state index contributed by atoms with van der Waals surface area (Å²) in [7, 11) is 0. The molecule has 0 saturated carbocycles. The Morgan fingerprint density at radius 2 is 0.567 bits per heavy atom. The summed E-state index contributed by atoms with van der Waals surface area (Å²) in [5.41, 5.74) is 24.4. The van der Waals surface area contributed by atoms with E-state index in [-0.39, 0.29) is 23.7 Å². The molecule has 3 aromatic heterocycles. The van der Waals surface area contributed by atoms with Gasteiger partial charge in [0.25, 0.3) is 0 Å². The molecule has 0 amide bonds. The molecule has 4 aliphatic carbocycles. The van der Waals surface area contributed by atoms with Gasteiger partial charge in [-0.3, -0.25) is 0 Å². The van der Waals surface area contributed by atoms with E-state index >= 15 is 0 Å². The Hall–Kier alpha value is -5.48. The molecule has 8 atom stereocenters. The molecule has 4 nitrogen and oxygen atoms in total. The molecule has 8 bridgehead atoms. The summed E-state index contributed by atoms with van der Waals surface area (Å²) in [5, 5.41) is 0. The molecule has 306 valence electrons. The van der Waals surface area contributed by atoms with E-state index in [0.717, 1.165) is 44.8 Å². The van der Waals surface area contributed by atoms with E-state index < -0.39 is 0 Å². The van der Waals surface area contributed by atoms with Gasteiger partial charge in [-0.05, 0) is 128 Å². The van der Waals surface area contributed by atoms with Crippen LogP contribution in [0.4, 0.5) is 0 Å². The Labute approximate surface area is 357 Å². The normalized spacial score (nSPS) is 27.7. The molecule has 4 heteroatoms. The van der Waals surface area contributed by atoms with Gasteiger partial charge in [-0.25, -0.2) is 9.97 Å². The minimum absolute atomic E-state index is 0.166. The second kappa shape index (κ2) is 15.2. The molecule has 60 heavy (non-hydrogen) atoms. The predicted molar refractivity (Wildman–Crippen MR) is 257 cm³/mol. The predicted octanol–water partition coefficient (Wildman–Crippen LogP) is 15.2. The van der Waals surface area contributed by atoms with E-state index in [9.17, 15) is 0 Å². The van der Waals surface area contributed by atoms with E-state index in [1.54, 1.807) is 0 Å². The van der Waals surface area contributed by atoms with Gasteiger partial charge in [-0.2, -0.15) is 0 Å². The van der Waals surface area contributed by atoms with Crippen LogP contribution in [0.3, 0.4) is 0 Å². The summed E-state index contributed by atoms with van der Waals surface area (Å²) >= 11 is 0. The van der Waals surface area contributed by atoms with E-state index in [1.165, 1.54) is 66.8 Å². The highest BCUT2D eigenvalue weighted by Crippen LogP contribution is 2.47. The number of aromatic nitrogens is 4. The number of fused-ring (bicyclic) bond motifs is 8. The van der Waals surface area contributed by atoms with Crippen molar-refractivity contribution in [2.75, 3.05) is 0 Å². The van der Waals surface area contributed by atoms with Crippen molar-refractivity contribution in [3.63, 3.8) is 0 Å². The molecular formula is C56H62N4. The van der Waals surface area contributed by atoms with Crippen LogP contribution in [-0.2, 0) is 0 Å². The van der Waals surface area contributed by atoms with Gasteiger partial charge in [0.05, 0.1) is 22.8 Å². The fourth-order valence-corrected chi connectivity index (χ4v) is 12.3. The van der Waals surface area contributed by atoms with Crippen molar-refractivity contribution in [1.82, 2.24) is 19.9 Å². The Kier molecular flexibility index (Phi) is 10.1. The minimum atomic E-state index is 0.166. The van der Waals surface area contributed by atoms with Crippen LogP contribution >= 0.6 is 0 Å². The van der Waals surface area contributed by atoms with Crippen molar-refractivity contribution in [2.45, 2.75) is 107 Å². The van der Waals surface area contributed by atoms with Gasteiger partial charge in [0.2, 0.25) is 0 Å². The van der Waals surface area contributed by atoms with Crippen LogP contribution in [0.15, 0.2) is 117 Å². The molecule has 6 aliphatic rings. The first kappa shape index (κ1) is 40.0. The number of nitrogens with one attached hydrogen (secondary N) is 2. The van der Waals surface area contributed by atoms with Crippen LogP contribution < -0.4 is 0 Å². The van der Waals surface area contributed by atoms with Crippen LogP contribution in [-0.4, -0.2) is 19.9 Å². The zero-order valence-corrected chi connectivity index (χ0v) is 37.8. The maximum absolute atomic E-state index is 5.72. The van der Waals surface area contributed by atoms with Gasteiger partial charge in [-0.15, -0.1) is 0 Å². The van der Waals surface area contributed by atoms with Gasteiger partial charge >= 0.3 is 0 Å². The molecular weight excluding hydrogens is 729 g/mol. The first-order valence-electron chi connectivity index (χ1n) is 22.3. The van der Waals surface area contributed by atoms with Gasteiger partial charge in [0.1, 0.15) is 0 Å². The average Bonchev–Trinajstić information content (AvgIpc) is 3.99. The Balaban J connectivity index is 1.45. The average molecular weight is 791 g/mol. The van der Waals surface area contributed by atoms with Crippen LogP contribution in [0, 0.1) is 23.7 Å². The van der Waals surface area contributed by atoms with Gasteiger partial charge < -0.3 is 9.97 Å². The van der Waals surface area contributed by atoms with Crippen LogP contribution in [0.25, 0.3) is 46.4 Å². The number of nitrogens with zero attached hydrogens (tertiary/aromatic N) is 2. The van der Waals surface area contributed by atoms with E-state index in [4.69, 9.17) is 9.97 Å². The summed E-state index contributed by atoms with van der Waals surface area (Å²) in [6, 6.07) is 9.26. The summed E-state index contributed by atoms with van der Waals surface area (Å²) in [6.45, 7) is 27.6. The zero-order valence-electron chi connectivity index (χ0n) is 37.8. The molecule has 0 fully saturated rings. The lowest BCUT2D eigenvalue weighted by Crippen LogP contribution is -2.16. The summed E-state index contributed by atoms with van der Waals surface area (Å²) in [6.07, 6.45) is 28.3. The quantitative estimate of drug-likeness (QED) is 0.190. The number of hydrogen-bond acceptors (Lipinski definition) is 2. The van der Waals surface area contributed by atoms with Crippen molar-refractivity contribution in [3.8, 4) is 0 Å². The van der Waals surface area contributed by atoms with Crippen molar-refractivity contribution in [1.29, 1.82) is 0 Å². The summed E-state index contributed by atoms with van der Waals surface area (Å²) < 4.78 is 0. The lowest BCUT2D eigenvalue weighted by atomic mass is 9.76. The zero-order chi connectivity index (χ0) is 42.3. The van der Waals surface area contributed by atoms with Crippen molar-refractivity contribution in [2.24, 2.45) is 23.7 Å². The molecule has 5 heterocycles. The fourth-order valence-electron chi connectivity index (χ4n) is 12.3. The Morgan fingerprint density at radius 1 is 0.350 bits per heavy atom. The third-order valence-corrected chi connectivity index (χ3v) is 14.2. The van der Waals surface area contributed by atoms with Crippen LogP contribution in [0.5, 0.6) is 0 Å². The molecule has 8 unspecified atom stereocenters. The highest BCUT2D eigenvalue weighted by atomic mass is 14.8. The molecule has 0 radical (unpaired) electrons. The lowest BCUT2D eigenvalue weighted by molar-refractivity contribution is 0.597. The fraction of sp³-hybridized carbons (Fsp3) is 0.357. The highest BCUT2D eigenvalue weighted by Gasteiger charge is 2.33. The Bertz CT molecular complexity index is 2450. The largest absolute Gasteiger partial charge is 0.355 e. The molecule has 2 aliphatic heterocycles. The van der Waals surface area contributed by atoms with Crippen molar-refractivity contribution < 1.29 is 0 Å². The number of allylic oxidation sites excluding steroid dienone is 16. The smallest absolute Gasteiger partial charge is 0.0696 e. The first-order valence-corrected chi connectivity index (χ1v) is 22.3. The summed E-state index contributed by atoms with van der Waals surface area (Å²) in [4.78, 5) is 19.6. The molecule has 0 aromatic carbocycles. The number of rotatable bonds is 4. The number of aromatic amines is 2. The third-order valence-electron chi connectivity index (χ3n) is 14.2. The molecule has 0 saturated heterocycles. The minimum Gasteiger partial charge on any atom is -0.355 e. The molecule has 3 aromatic rings. The Morgan fingerprint density at radius 3 is 0.767 bits per heavy atom. The van der Waals surface area contributed by atoms with Crippen LogP contribution in [0.2, 0.25) is 0 Å². The SMILES string of the molecule is CC1=CC(C)C(c2c3nc(c(C4C(C)=CC(C)=CC4C)c4ccc([nH]4)c(C4C(C)=CC(C)=CC4C)c4nc(c(C5C(C)=CC(C)=CC5C)c5ccc2[nH]5)C=C4)C=C3)C(C)=C1. The van der Waals surface area contributed by atoms with E-state index in [0.29, 0.717) is 23.7 Å². The first-order chi connectivity index (χ1) is 28.7. The summed E-state index contributed by atoms with van der Waals surface area (Å²) in [5.74, 6) is 1.89. The molecule has 2 N–H and O–H groups in total. The topological polar surface area (TPSA) is 57.4 Å². The molecule has 9 rings (SSSR count). The van der Waals surface area contributed by atoms with Crippen LogP contribution in [0.1, 0.15) is 152 Å². The number of H-pyrrole nitrogens is 2. The van der Waals surface area contributed by atoms with E-state index in [1.807, 2.05) is 0 Å². The van der Waals surface area contributed by atoms with E-state index in [2.05, 4.69) is 190 Å². The maximum atomic E-state index is 5.72. The van der Waals surface area contributed by atoms with Crippen molar-refractivity contribution in [3.05, 3.63) is 162 Å². The highest BCUT2D eigenvalue weighted by molar-refractivity contribution is 5.85. The monoisotopic (exact) mass is 790 g/mol. The molecule has 0 spiro atoms. The van der Waals surface area contributed by atoms with Gasteiger partial charge in [0, 0.05) is 68.0 Å². The van der Waals surface area contributed by atoms with Gasteiger partial charge in [0.15, 0.2) is 0 Å². The number of hydrogen-bond donors (Lipinski definition) is 2.